The molecule has 0 saturated carbocycles. The molecule has 0 aliphatic rings. The first-order chi connectivity index (χ1) is 6.97. The van der Waals surface area contributed by atoms with E-state index in [1.54, 1.807) is 6.07 Å². The van der Waals surface area contributed by atoms with E-state index >= 15 is 0 Å². The Hall–Kier alpha value is -0.590. The summed E-state index contributed by atoms with van der Waals surface area (Å²) in [7, 11) is -4.42. The molecule has 6 heteroatoms. The zero-order valence-electron chi connectivity index (χ0n) is 8.54. The van der Waals surface area contributed by atoms with E-state index in [0.717, 1.165) is 0 Å². The van der Waals surface area contributed by atoms with Crippen molar-refractivity contribution in [1.82, 2.24) is 0 Å². The van der Waals surface area contributed by atoms with E-state index in [0.29, 0.717) is 10.8 Å². The minimum absolute atomic E-state index is 0. The Labute approximate surface area is 115 Å². The number of fused-ring (bicyclic) bond motifs is 1. The first kappa shape index (κ1) is 13.5. The van der Waals surface area contributed by atoms with E-state index in [9.17, 15) is 18.1 Å². The molecule has 0 unspecified atom stereocenters. The quantitative estimate of drug-likeness (QED) is 0.488. The normalized spacial score (nSPS) is 11.1. The van der Waals surface area contributed by atoms with Crippen molar-refractivity contribution in [1.29, 1.82) is 0 Å². The Balaban J connectivity index is 0.00000128. The molecule has 2 aromatic carbocycles. The van der Waals surface area contributed by atoms with Crippen LogP contribution in [0.2, 0.25) is 0 Å². The van der Waals surface area contributed by atoms with Crippen molar-refractivity contribution in [2.45, 2.75) is 4.90 Å². The van der Waals surface area contributed by atoms with Crippen LogP contribution in [0.25, 0.3) is 10.8 Å². The summed E-state index contributed by atoms with van der Waals surface area (Å²) in [6.07, 6.45) is 0. The Morgan fingerprint density at radius 2 is 1.56 bits per heavy atom. The van der Waals surface area contributed by atoms with Gasteiger partial charge in [0.05, 0.1) is 4.90 Å². The van der Waals surface area contributed by atoms with Crippen LogP contribution < -0.4 is 29.6 Å². The van der Waals surface area contributed by atoms with Gasteiger partial charge in [-0.25, -0.2) is 8.42 Å². The summed E-state index contributed by atoms with van der Waals surface area (Å²) >= 11 is 0. The Morgan fingerprint density at radius 3 is 2.19 bits per heavy atom. The van der Waals surface area contributed by atoms with Crippen molar-refractivity contribution in [2.24, 2.45) is 0 Å². The molecule has 0 radical (unpaired) electrons. The number of benzene rings is 2. The first-order valence-corrected chi connectivity index (χ1v) is 5.56. The van der Waals surface area contributed by atoms with Crippen LogP contribution in [0, 0.1) is 0 Å². The molecule has 0 aliphatic carbocycles. The molecule has 4 nitrogen and oxygen atoms in total. The summed E-state index contributed by atoms with van der Waals surface area (Å²) in [4.78, 5) is -0.263. The van der Waals surface area contributed by atoms with Gasteiger partial charge in [-0.05, 0) is 35.0 Å². The third-order valence-electron chi connectivity index (χ3n) is 2.08. The molecule has 0 spiro atoms. The summed E-state index contributed by atoms with van der Waals surface area (Å²) in [5.74, 6) is 0.0974. The van der Waals surface area contributed by atoms with Gasteiger partial charge in [0, 0.05) is 0 Å². The molecule has 0 aromatic heterocycles. The van der Waals surface area contributed by atoms with Gasteiger partial charge in [0.2, 0.25) is 0 Å². The fourth-order valence-corrected chi connectivity index (χ4v) is 1.87. The average Bonchev–Trinajstić information content (AvgIpc) is 2.15. The van der Waals surface area contributed by atoms with Crippen molar-refractivity contribution in [3.63, 3.8) is 0 Å². The number of hydrogen-bond donors (Lipinski definition) is 1. The standard InChI is InChI=1S/C10H8O4S.Na/c11-9-3-1-8-6-10(15(12,13)14)4-2-7(8)5-9;/h1-6,11H,(H,12,13,14);/q;+1/p-1. The van der Waals surface area contributed by atoms with E-state index in [4.69, 9.17) is 0 Å². The first-order valence-electron chi connectivity index (χ1n) is 4.15. The van der Waals surface area contributed by atoms with Crippen molar-refractivity contribution in [2.75, 3.05) is 0 Å². The van der Waals surface area contributed by atoms with Crippen molar-refractivity contribution in [3.8, 4) is 5.75 Å². The average molecular weight is 246 g/mol. The smallest absolute Gasteiger partial charge is 0.744 e. The van der Waals surface area contributed by atoms with Gasteiger partial charge in [-0.3, -0.25) is 0 Å². The fourth-order valence-electron chi connectivity index (χ4n) is 1.37. The van der Waals surface area contributed by atoms with E-state index in [-0.39, 0.29) is 40.2 Å². The summed E-state index contributed by atoms with van der Waals surface area (Å²) in [5.41, 5.74) is 0. The Bertz CT molecular complexity index is 622. The van der Waals surface area contributed by atoms with Gasteiger partial charge in [-0.1, -0.05) is 12.1 Å². The molecule has 0 heterocycles. The minimum Gasteiger partial charge on any atom is -0.744 e. The molecule has 0 aliphatic heterocycles. The van der Waals surface area contributed by atoms with E-state index < -0.39 is 10.1 Å². The predicted octanol–water partition coefficient (Wildman–Crippen LogP) is -1.55. The molecule has 0 amide bonds. The van der Waals surface area contributed by atoms with Gasteiger partial charge in [0.25, 0.3) is 0 Å². The van der Waals surface area contributed by atoms with Crippen LogP contribution in [0.5, 0.6) is 5.75 Å². The number of aromatic hydroxyl groups is 1. The van der Waals surface area contributed by atoms with Crippen LogP contribution in [0.1, 0.15) is 0 Å². The van der Waals surface area contributed by atoms with Crippen molar-refractivity contribution < 1.29 is 47.6 Å². The molecule has 0 atom stereocenters. The molecule has 78 valence electrons. The fraction of sp³-hybridized carbons (Fsp3) is 0. The van der Waals surface area contributed by atoms with E-state index in [1.165, 1.54) is 30.3 Å². The topological polar surface area (TPSA) is 77.4 Å². The molecular formula is C10H7NaO4S. The van der Waals surface area contributed by atoms with Crippen LogP contribution in [0.4, 0.5) is 0 Å². The Kier molecular flexibility index (Phi) is 3.98. The molecule has 16 heavy (non-hydrogen) atoms. The SMILES string of the molecule is O=S(=O)([O-])c1ccc2cc(O)ccc2c1.[Na+]. The van der Waals surface area contributed by atoms with Crippen LogP contribution >= 0.6 is 0 Å². The number of phenols is 1. The van der Waals surface area contributed by atoms with Crippen LogP contribution in [-0.4, -0.2) is 18.1 Å². The van der Waals surface area contributed by atoms with Crippen LogP contribution in [0.15, 0.2) is 41.3 Å². The van der Waals surface area contributed by atoms with E-state index in [2.05, 4.69) is 0 Å². The summed E-state index contributed by atoms with van der Waals surface area (Å²) in [6.45, 7) is 0. The number of phenolic OH excluding ortho intramolecular Hbond substituents is 1. The molecule has 0 bridgehead atoms. The second-order valence-corrected chi connectivity index (χ2v) is 4.53. The van der Waals surface area contributed by atoms with Crippen molar-refractivity contribution in [3.05, 3.63) is 36.4 Å². The Morgan fingerprint density at radius 1 is 1.00 bits per heavy atom. The van der Waals surface area contributed by atoms with Crippen LogP contribution in [-0.2, 0) is 10.1 Å². The number of rotatable bonds is 1. The second kappa shape index (κ2) is 4.73. The maximum Gasteiger partial charge on any atom is 1.00 e. The molecule has 0 fully saturated rings. The molecule has 2 rings (SSSR count). The van der Waals surface area contributed by atoms with Gasteiger partial charge in [-0.15, -0.1) is 0 Å². The molecular weight excluding hydrogens is 239 g/mol. The van der Waals surface area contributed by atoms with Crippen LogP contribution in [0.3, 0.4) is 0 Å². The summed E-state index contributed by atoms with van der Waals surface area (Å²) in [6, 6.07) is 8.49. The predicted molar refractivity (Wildman–Crippen MR) is 53.6 cm³/mol. The van der Waals surface area contributed by atoms with Gasteiger partial charge in [0.1, 0.15) is 15.9 Å². The second-order valence-electron chi connectivity index (χ2n) is 3.15. The van der Waals surface area contributed by atoms with Crippen molar-refractivity contribution >= 4 is 20.9 Å². The van der Waals surface area contributed by atoms with Gasteiger partial charge >= 0.3 is 29.6 Å². The third-order valence-corrected chi connectivity index (χ3v) is 2.92. The third kappa shape index (κ3) is 2.75. The summed E-state index contributed by atoms with van der Waals surface area (Å²) < 4.78 is 32.2. The van der Waals surface area contributed by atoms with E-state index in [1.807, 2.05) is 0 Å². The monoisotopic (exact) mass is 246 g/mol. The van der Waals surface area contributed by atoms with Gasteiger partial charge in [0.15, 0.2) is 0 Å². The molecule has 0 saturated heterocycles. The maximum atomic E-state index is 10.7. The maximum absolute atomic E-state index is 10.7. The van der Waals surface area contributed by atoms with Gasteiger partial charge in [-0.2, -0.15) is 0 Å². The summed E-state index contributed by atoms with van der Waals surface area (Å²) in [5, 5.41) is 10.5. The largest absolute Gasteiger partial charge is 1.00 e. The van der Waals surface area contributed by atoms with Gasteiger partial charge < -0.3 is 9.66 Å². The zero-order valence-corrected chi connectivity index (χ0v) is 11.4. The molecule has 2 aromatic rings. The molecule has 1 N–H and O–H groups in total. The number of hydrogen-bond acceptors (Lipinski definition) is 4. The minimum atomic E-state index is -4.42. The zero-order chi connectivity index (χ0) is 11.1.